The van der Waals surface area contributed by atoms with Gasteiger partial charge in [0.2, 0.25) is 0 Å². The quantitative estimate of drug-likeness (QED) is 0.485. The van der Waals surface area contributed by atoms with Crippen LogP contribution in [0, 0.1) is 11.3 Å². The Hall–Kier alpha value is -1.54. The Kier molecular flexibility index (Phi) is 2.96. The van der Waals surface area contributed by atoms with E-state index in [0.29, 0.717) is 19.0 Å². The van der Waals surface area contributed by atoms with Crippen LogP contribution in [0.1, 0.15) is 6.42 Å². The molecule has 0 bridgehead atoms. The van der Waals surface area contributed by atoms with Crippen molar-refractivity contribution in [3.8, 4) is 6.07 Å². The van der Waals surface area contributed by atoms with Gasteiger partial charge in [-0.1, -0.05) is 0 Å². The molecule has 0 aliphatic heterocycles. The molecular formula is C6H8N4O. The number of hydrogen-bond donors (Lipinski definition) is 2. The average Bonchev–Trinajstić information content (AvgIpc) is 2.50. The summed E-state index contributed by atoms with van der Waals surface area (Å²) in [6.45, 7) is 0.568. The number of hydrogen-bond acceptors (Lipinski definition) is 5. The monoisotopic (exact) mass is 152 g/mol. The zero-order valence-electron chi connectivity index (χ0n) is 5.87. The molecule has 0 aliphatic rings. The van der Waals surface area contributed by atoms with Crippen LogP contribution in [0.4, 0.5) is 6.01 Å². The van der Waals surface area contributed by atoms with Crippen LogP contribution in [-0.2, 0) is 0 Å². The second-order valence-corrected chi connectivity index (χ2v) is 1.80. The first-order valence-corrected chi connectivity index (χ1v) is 3.19. The Morgan fingerprint density at radius 1 is 1.73 bits per heavy atom. The molecule has 0 aromatic carbocycles. The highest BCUT2D eigenvalue weighted by Gasteiger charge is 1.91. The van der Waals surface area contributed by atoms with Gasteiger partial charge in [-0.05, 0) is 0 Å². The zero-order chi connectivity index (χ0) is 7.94. The van der Waals surface area contributed by atoms with Crippen LogP contribution in [0.3, 0.4) is 0 Å². The first kappa shape index (κ1) is 7.57. The smallest absolute Gasteiger partial charge is 0.309 e. The molecule has 0 saturated carbocycles. The fraction of sp³-hybridized carbons (Fsp3) is 0.333. The van der Waals surface area contributed by atoms with Gasteiger partial charge in [0.15, 0.2) is 0 Å². The molecule has 0 atom stereocenters. The van der Waals surface area contributed by atoms with Gasteiger partial charge >= 0.3 is 6.01 Å². The summed E-state index contributed by atoms with van der Waals surface area (Å²) in [5.74, 6) is 0. The predicted octanol–water partition coefficient (Wildman–Crippen LogP) is 0.505. The fourth-order valence-electron chi connectivity index (χ4n) is 0.542. The van der Waals surface area contributed by atoms with Crippen molar-refractivity contribution in [3.63, 3.8) is 0 Å². The van der Waals surface area contributed by atoms with E-state index in [0.717, 1.165) is 0 Å². The van der Waals surface area contributed by atoms with E-state index < -0.39 is 0 Å². The van der Waals surface area contributed by atoms with Crippen molar-refractivity contribution in [3.05, 3.63) is 12.5 Å². The number of nitrogens with zero attached hydrogens (tertiary/aromatic N) is 2. The van der Waals surface area contributed by atoms with Crippen molar-refractivity contribution in [2.45, 2.75) is 6.42 Å². The summed E-state index contributed by atoms with van der Waals surface area (Å²) in [6, 6.07) is 2.40. The zero-order valence-corrected chi connectivity index (χ0v) is 5.87. The SMILES string of the molecule is N#CCCNNc1ncco1. The van der Waals surface area contributed by atoms with E-state index in [1.54, 1.807) is 0 Å². The first-order valence-electron chi connectivity index (χ1n) is 3.19. The Morgan fingerprint density at radius 2 is 2.64 bits per heavy atom. The van der Waals surface area contributed by atoms with Crippen LogP contribution < -0.4 is 10.9 Å². The van der Waals surface area contributed by atoms with Gasteiger partial charge in [0.25, 0.3) is 0 Å². The highest BCUT2D eigenvalue weighted by Crippen LogP contribution is 1.97. The normalized spacial score (nSPS) is 9.00. The van der Waals surface area contributed by atoms with E-state index in [4.69, 9.17) is 9.68 Å². The molecule has 2 N–H and O–H groups in total. The van der Waals surface area contributed by atoms with Gasteiger partial charge in [0.1, 0.15) is 6.26 Å². The molecule has 0 saturated heterocycles. The van der Waals surface area contributed by atoms with Crippen LogP contribution in [0.2, 0.25) is 0 Å². The summed E-state index contributed by atoms with van der Waals surface area (Å²) < 4.78 is 4.85. The Morgan fingerprint density at radius 3 is 3.27 bits per heavy atom. The summed E-state index contributed by atoms with van der Waals surface area (Å²) in [5.41, 5.74) is 5.44. The number of nitriles is 1. The van der Waals surface area contributed by atoms with E-state index >= 15 is 0 Å². The largest absolute Gasteiger partial charge is 0.431 e. The number of nitrogens with one attached hydrogen (secondary N) is 2. The van der Waals surface area contributed by atoms with Crippen molar-refractivity contribution < 1.29 is 4.42 Å². The van der Waals surface area contributed by atoms with E-state index in [9.17, 15) is 0 Å². The molecule has 1 heterocycles. The molecular weight excluding hydrogens is 144 g/mol. The van der Waals surface area contributed by atoms with Gasteiger partial charge in [0.05, 0.1) is 12.3 Å². The maximum absolute atomic E-state index is 8.17. The van der Waals surface area contributed by atoms with Gasteiger partial charge < -0.3 is 4.42 Å². The molecule has 1 aromatic heterocycles. The topological polar surface area (TPSA) is 73.9 Å². The second-order valence-electron chi connectivity index (χ2n) is 1.80. The third kappa shape index (κ3) is 2.69. The molecule has 5 nitrogen and oxygen atoms in total. The summed E-state index contributed by atoms with van der Waals surface area (Å²) in [4.78, 5) is 3.79. The lowest BCUT2D eigenvalue weighted by Crippen LogP contribution is -2.22. The van der Waals surface area contributed by atoms with Gasteiger partial charge in [0, 0.05) is 13.0 Å². The summed E-state index contributed by atoms with van der Waals surface area (Å²) in [7, 11) is 0. The second kappa shape index (κ2) is 4.30. The molecule has 1 rings (SSSR count). The third-order valence-corrected chi connectivity index (χ3v) is 0.989. The molecule has 58 valence electrons. The van der Waals surface area contributed by atoms with Crippen LogP contribution in [0.15, 0.2) is 16.9 Å². The molecule has 0 amide bonds. The number of rotatable bonds is 4. The minimum absolute atomic E-state index is 0.405. The summed E-state index contributed by atoms with van der Waals surface area (Å²) in [5, 5.41) is 8.17. The van der Waals surface area contributed by atoms with Crippen molar-refractivity contribution in [1.29, 1.82) is 5.26 Å². The number of anilines is 1. The Labute approximate surface area is 64.0 Å². The van der Waals surface area contributed by atoms with E-state index in [2.05, 4.69) is 15.8 Å². The number of oxazole rings is 1. The molecule has 1 aromatic rings. The van der Waals surface area contributed by atoms with E-state index in [1.165, 1.54) is 12.5 Å². The lowest BCUT2D eigenvalue weighted by Gasteiger charge is -1.99. The molecule has 0 unspecified atom stereocenters. The number of hydrazine groups is 1. The molecule has 0 fully saturated rings. The van der Waals surface area contributed by atoms with Crippen molar-refractivity contribution in [1.82, 2.24) is 10.4 Å². The van der Waals surface area contributed by atoms with Gasteiger partial charge in [-0.25, -0.2) is 10.4 Å². The minimum atomic E-state index is 0.405. The Bertz CT molecular complexity index is 225. The molecule has 0 spiro atoms. The lowest BCUT2D eigenvalue weighted by atomic mass is 10.5. The highest BCUT2D eigenvalue weighted by molar-refractivity contribution is 5.14. The fourth-order valence-corrected chi connectivity index (χ4v) is 0.542. The van der Waals surface area contributed by atoms with Gasteiger partial charge in [-0.15, -0.1) is 0 Å². The summed E-state index contributed by atoms with van der Waals surface area (Å²) >= 11 is 0. The minimum Gasteiger partial charge on any atom is -0.431 e. The van der Waals surface area contributed by atoms with Crippen LogP contribution in [0.5, 0.6) is 0 Å². The van der Waals surface area contributed by atoms with Gasteiger partial charge in [-0.3, -0.25) is 5.43 Å². The van der Waals surface area contributed by atoms with Crippen molar-refractivity contribution in [2.75, 3.05) is 12.0 Å². The Balaban J connectivity index is 2.10. The third-order valence-electron chi connectivity index (χ3n) is 0.989. The maximum Gasteiger partial charge on any atom is 0.309 e. The van der Waals surface area contributed by atoms with Crippen LogP contribution in [-0.4, -0.2) is 11.5 Å². The lowest BCUT2D eigenvalue weighted by molar-refractivity contribution is 0.559. The number of aromatic nitrogens is 1. The average molecular weight is 152 g/mol. The van der Waals surface area contributed by atoms with Crippen LogP contribution >= 0.6 is 0 Å². The molecule has 5 heteroatoms. The van der Waals surface area contributed by atoms with E-state index in [1.807, 2.05) is 6.07 Å². The highest BCUT2D eigenvalue weighted by atomic mass is 16.4. The molecule has 0 radical (unpaired) electrons. The van der Waals surface area contributed by atoms with Gasteiger partial charge in [-0.2, -0.15) is 5.26 Å². The van der Waals surface area contributed by atoms with Crippen molar-refractivity contribution >= 4 is 6.01 Å². The first-order chi connectivity index (χ1) is 5.43. The molecule has 0 aliphatic carbocycles. The standard InChI is InChI=1S/C6H8N4O/c7-2-1-3-9-10-6-8-4-5-11-6/h4-5,9H,1,3H2,(H,8,10). The predicted molar refractivity (Wildman–Crippen MR) is 38.4 cm³/mol. The van der Waals surface area contributed by atoms with Crippen molar-refractivity contribution in [2.24, 2.45) is 0 Å². The summed E-state index contributed by atoms with van der Waals surface area (Å²) in [6.07, 6.45) is 3.45. The maximum atomic E-state index is 8.17. The molecule has 11 heavy (non-hydrogen) atoms. The van der Waals surface area contributed by atoms with Crippen LogP contribution in [0.25, 0.3) is 0 Å². The van der Waals surface area contributed by atoms with E-state index in [-0.39, 0.29) is 0 Å².